The number of piperazine rings is 1. The van der Waals surface area contributed by atoms with Gasteiger partial charge in [-0.3, -0.25) is 18.9 Å². The van der Waals surface area contributed by atoms with E-state index in [1.165, 1.54) is 11.1 Å². The Morgan fingerprint density at radius 3 is 2.41 bits per heavy atom. The van der Waals surface area contributed by atoms with Gasteiger partial charge in [0.2, 0.25) is 0 Å². The molecule has 0 aliphatic carbocycles. The van der Waals surface area contributed by atoms with Crippen molar-refractivity contribution in [3.63, 3.8) is 0 Å². The highest BCUT2D eigenvalue weighted by molar-refractivity contribution is 5.96. The van der Waals surface area contributed by atoms with Crippen molar-refractivity contribution in [2.24, 2.45) is 12.8 Å². The Kier molecular flexibility index (Phi) is 7.25. The van der Waals surface area contributed by atoms with Crippen molar-refractivity contribution in [2.75, 3.05) is 38.5 Å². The highest BCUT2D eigenvalue weighted by Crippen LogP contribution is 2.29. The molecule has 6 rings (SSSR count). The summed E-state index contributed by atoms with van der Waals surface area (Å²) in [6, 6.07) is 17.4. The van der Waals surface area contributed by atoms with E-state index in [4.69, 9.17) is 10.7 Å². The monoisotopic (exact) mass is 549 g/mol. The molecule has 4 heterocycles. The molecule has 10 nitrogen and oxygen atoms in total. The smallest absolute Gasteiger partial charge is 0.271 e. The van der Waals surface area contributed by atoms with Crippen molar-refractivity contribution in [3.05, 3.63) is 84.1 Å². The van der Waals surface area contributed by atoms with Crippen LogP contribution in [0.2, 0.25) is 0 Å². The second kappa shape index (κ2) is 11.1. The van der Waals surface area contributed by atoms with Crippen molar-refractivity contribution in [2.45, 2.75) is 19.9 Å². The van der Waals surface area contributed by atoms with Crippen LogP contribution < -0.4 is 11.1 Å². The first-order valence-electron chi connectivity index (χ1n) is 14.0. The number of carbonyl (C=O) groups is 1. The number of aromatic nitrogens is 5. The Morgan fingerprint density at radius 1 is 0.976 bits per heavy atom. The molecule has 10 heteroatoms. The Morgan fingerprint density at radius 2 is 1.73 bits per heavy atom. The number of carbonyl (C=O) groups excluding carboxylic acids is 1. The third-order valence-electron chi connectivity index (χ3n) is 7.69. The van der Waals surface area contributed by atoms with Gasteiger partial charge in [-0.05, 0) is 48.4 Å². The number of likely N-dealkylation sites (N-methyl/N-ethyl adjacent to an activating group) is 1. The molecule has 1 aliphatic rings. The summed E-state index contributed by atoms with van der Waals surface area (Å²) in [5.41, 5.74) is 11.8. The maximum Gasteiger partial charge on any atom is 0.271 e. The summed E-state index contributed by atoms with van der Waals surface area (Å²) >= 11 is 0. The molecule has 2 aromatic carbocycles. The van der Waals surface area contributed by atoms with Crippen LogP contribution >= 0.6 is 0 Å². The van der Waals surface area contributed by atoms with E-state index in [1.807, 2.05) is 24.7 Å². The van der Waals surface area contributed by atoms with Crippen LogP contribution in [-0.4, -0.2) is 73.2 Å². The van der Waals surface area contributed by atoms with E-state index in [0.29, 0.717) is 29.4 Å². The van der Waals surface area contributed by atoms with E-state index in [9.17, 15) is 4.79 Å². The van der Waals surface area contributed by atoms with Gasteiger partial charge in [0, 0.05) is 57.6 Å². The lowest BCUT2D eigenvalue weighted by Crippen LogP contribution is -2.43. The first-order valence-corrected chi connectivity index (χ1v) is 14.0. The molecule has 0 atom stereocenters. The third-order valence-corrected chi connectivity index (χ3v) is 7.69. The van der Waals surface area contributed by atoms with Gasteiger partial charge in [0.15, 0.2) is 17.3 Å². The fraction of sp³-hybridized carbons (Fsp3) is 0.290. The number of nitrogens with zero attached hydrogens (tertiary/aromatic N) is 7. The molecular formula is C31H35N9O. The van der Waals surface area contributed by atoms with Crippen molar-refractivity contribution in [1.82, 2.24) is 34.1 Å². The lowest BCUT2D eigenvalue weighted by Gasteiger charge is -2.32. The van der Waals surface area contributed by atoms with E-state index >= 15 is 0 Å². The van der Waals surface area contributed by atoms with Gasteiger partial charge >= 0.3 is 0 Å². The Bertz CT molecular complexity index is 1690. The number of hydrogen-bond acceptors (Lipinski definition) is 7. The zero-order valence-electron chi connectivity index (χ0n) is 23.7. The van der Waals surface area contributed by atoms with Gasteiger partial charge in [0.1, 0.15) is 0 Å². The number of benzene rings is 2. The van der Waals surface area contributed by atoms with E-state index in [2.05, 4.69) is 80.8 Å². The van der Waals surface area contributed by atoms with Crippen molar-refractivity contribution >= 4 is 28.3 Å². The first-order chi connectivity index (χ1) is 19.9. The number of hydrogen-bond donors (Lipinski definition) is 2. The number of primary amides is 1. The Balaban J connectivity index is 1.29. The molecule has 1 fully saturated rings. The summed E-state index contributed by atoms with van der Waals surface area (Å²) in [6.45, 7) is 7.46. The zero-order valence-corrected chi connectivity index (χ0v) is 23.7. The SMILES string of the molecule is CCc1nc(C(N)=O)c(Nc2cnn(C)c2)nc1-n1ccc2cc(-c3ccc(CN4CCN(C)CC4)cc3)ccc21. The molecule has 0 unspecified atom stereocenters. The summed E-state index contributed by atoms with van der Waals surface area (Å²) in [6.07, 6.45) is 6.04. The van der Waals surface area contributed by atoms with Crippen LogP contribution in [0.1, 0.15) is 28.7 Å². The van der Waals surface area contributed by atoms with Crippen molar-refractivity contribution in [1.29, 1.82) is 0 Å². The molecule has 0 saturated carbocycles. The summed E-state index contributed by atoms with van der Waals surface area (Å²) < 4.78 is 3.68. The average molecular weight is 550 g/mol. The van der Waals surface area contributed by atoms with Crippen LogP contribution in [-0.2, 0) is 20.0 Å². The summed E-state index contributed by atoms with van der Waals surface area (Å²) in [7, 11) is 4.01. The van der Waals surface area contributed by atoms with Gasteiger partial charge in [0.05, 0.1) is 23.1 Å². The first kappa shape index (κ1) is 26.7. The largest absolute Gasteiger partial charge is 0.364 e. The number of nitrogens with one attached hydrogen (secondary N) is 1. The van der Waals surface area contributed by atoms with Crippen LogP contribution in [0, 0.1) is 0 Å². The molecule has 210 valence electrons. The molecule has 41 heavy (non-hydrogen) atoms. The fourth-order valence-corrected chi connectivity index (χ4v) is 5.35. The second-order valence-corrected chi connectivity index (χ2v) is 10.7. The molecule has 3 N–H and O–H groups in total. The van der Waals surface area contributed by atoms with Gasteiger partial charge in [0.25, 0.3) is 5.91 Å². The Labute approximate surface area is 239 Å². The predicted octanol–water partition coefficient (Wildman–Crippen LogP) is 3.97. The van der Waals surface area contributed by atoms with Crippen LogP contribution in [0.3, 0.4) is 0 Å². The van der Waals surface area contributed by atoms with Gasteiger partial charge < -0.3 is 16.0 Å². The minimum atomic E-state index is -0.637. The minimum Gasteiger partial charge on any atom is -0.364 e. The zero-order chi connectivity index (χ0) is 28.5. The summed E-state index contributed by atoms with van der Waals surface area (Å²) in [4.78, 5) is 26.6. The molecule has 0 spiro atoms. The normalized spacial score (nSPS) is 14.5. The number of aryl methyl sites for hydroxylation is 2. The molecule has 0 bridgehead atoms. The quantitative estimate of drug-likeness (QED) is 0.301. The predicted molar refractivity (Wildman–Crippen MR) is 161 cm³/mol. The second-order valence-electron chi connectivity index (χ2n) is 10.7. The van der Waals surface area contributed by atoms with Gasteiger partial charge in [-0.2, -0.15) is 5.10 Å². The van der Waals surface area contributed by atoms with Crippen molar-refractivity contribution in [3.8, 4) is 16.9 Å². The lowest BCUT2D eigenvalue weighted by molar-refractivity contribution is 0.0996. The summed E-state index contributed by atoms with van der Waals surface area (Å²) in [5, 5.41) is 8.44. The third kappa shape index (κ3) is 5.57. The maximum absolute atomic E-state index is 12.2. The van der Waals surface area contributed by atoms with E-state index in [1.54, 1.807) is 17.1 Å². The fourth-order valence-electron chi connectivity index (χ4n) is 5.35. The molecule has 3 aromatic heterocycles. The standard InChI is InChI=1S/C31H35N9O/c1-4-26-31(36-30(28(35-26)29(32)41)34-25-18-33-38(3)20-25)40-12-11-24-17-23(9-10-27(24)40)22-7-5-21(6-8-22)19-39-15-13-37(2)14-16-39/h5-12,17-18,20H,4,13-16,19H2,1-3H3,(H2,32,41)(H,34,36). The minimum absolute atomic E-state index is 0.101. The van der Waals surface area contributed by atoms with Gasteiger partial charge in [-0.25, -0.2) is 9.97 Å². The molecular weight excluding hydrogens is 514 g/mol. The van der Waals surface area contributed by atoms with Gasteiger partial charge in [-0.1, -0.05) is 37.3 Å². The van der Waals surface area contributed by atoms with E-state index < -0.39 is 5.91 Å². The highest BCUT2D eigenvalue weighted by Gasteiger charge is 2.20. The van der Waals surface area contributed by atoms with Crippen LogP contribution in [0.5, 0.6) is 0 Å². The van der Waals surface area contributed by atoms with Gasteiger partial charge in [-0.15, -0.1) is 0 Å². The number of amides is 1. The number of rotatable bonds is 8. The topological polar surface area (TPSA) is 110 Å². The highest BCUT2D eigenvalue weighted by atomic mass is 16.1. The summed E-state index contributed by atoms with van der Waals surface area (Å²) in [5.74, 6) is 0.314. The Hall–Kier alpha value is -4.54. The van der Waals surface area contributed by atoms with E-state index in [-0.39, 0.29) is 5.69 Å². The van der Waals surface area contributed by atoms with E-state index in [0.717, 1.165) is 49.2 Å². The van der Waals surface area contributed by atoms with Crippen molar-refractivity contribution < 1.29 is 4.79 Å². The van der Waals surface area contributed by atoms with Crippen LogP contribution in [0.25, 0.3) is 27.8 Å². The molecule has 1 aliphatic heterocycles. The molecule has 0 radical (unpaired) electrons. The maximum atomic E-state index is 12.2. The number of nitrogens with two attached hydrogens (primary N) is 1. The number of anilines is 2. The lowest BCUT2D eigenvalue weighted by atomic mass is 10.0. The van der Waals surface area contributed by atoms with Crippen LogP contribution in [0.15, 0.2) is 67.1 Å². The number of fused-ring (bicyclic) bond motifs is 1. The van der Waals surface area contributed by atoms with Crippen LogP contribution in [0.4, 0.5) is 11.5 Å². The molecule has 1 amide bonds. The molecule has 1 saturated heterocycles. The average Bonchev–Trinajstić information content (AvgIpc) is 3.59. The molecule has 5 aromatic rings.